The van der Waals surface area contributed by atoms with Gasteiger partial charge in [0.05, 0.1) is 13.2 Å². The highest BCUT2D eigenvalue weighted by Gasteiger charge is 2.46. The predicted octanol–water partition coefficient (Wildman–Crippen LogP) is 10.1. The fourth-order valence-corrected chi connectivity index (χ4v) is 7.62. The lowest BCUT2D eigenvalue weighted by Crippen LogP contribution is -2.51. The molecule has 0 spiro atoms. The third-order valence-electron chi connectivity index (χ3n) is 8.59. The molecule has 0 amide bonds. The summed E-state index contributed by atoms with van der Waals surface area (Å²) >= 11 is 6.07. The van der Waals surface area contributed by atoms with Gasteiger partial charge in [-0.3, -0.25) is 0 Å². The fraction of sp³-hybridized carbons (Fsp3) is 0.486. The van der Waals surface area contributed by atoms with E-state index in [4.69, 9.17) is 13.9 Å². The molecule has 0 radical (unpaired) electrons. The van der Waals surface area contributed by atoms with Gasteiger partial charge in [-0.1, -0.05) is 93.1 Å². The van der Waals surface area contributed by atoms with Gasteiger partial charge in [0.2, 0.25) is 0 Å². The molecular weight excluding hydrogens is 701 g/mol. The molecule has 0 N–H and O–H groups in total. The molecule has 250 valence electrons. The summed E-state index contributed by atoms with van der Waals surface area (Å²) in [6.07, 6.45) is 19.3. The normalized spacial score (nSPS) is 19.2. The van der Waals surface area contributed by atoms with E-state index < -0.39 is 31.8 Å². The lowest BCUT2D eigenvalue weighted by Gasteiger charge is -2.45. The van der Waals surface area contributed by atoms with E-state index in [0.29, 0.717) is 29.6 Å². The van der Waals surface area contributed by atoms with Crippen molar-refractivity contribution in [1.82, 2.24) is 9.97 Å². The Morgan fingerprint density at radius 2 is 1.61 bits per heavy atom. The van der Waals surface area contributed by atoms with Gasteiger partial charge < -0.3 is 13.9 Å². The molecule has 11 heteroatoms. The zero-order chi connectivity index (χ0) is 34.1. The number of nitrogens with zero attached hydrogens (tertiary/aromatic N) is 2. The fourth-order valence-electron chi connectivity index (χ4n) is 4.46. The molecule has 1 saturated carbocycles. The van der Waals surface area contributed by atoms with Crippen LogP contribution in [0.15, 0.2) is 58.3 Å². The Kier molecular flexibility index (Phi) is 13.7. The van der Waals surface area contributed by atoms with Crippen LogP contribution in [-0.2, 0) is 13.9 Å². The molecular formula is C35H47BrN2O5S2Si. The number of allylic oxidation sites excluding steroid dienone is 5. The van der Waals surface area contributed by atoms with Crippen LogP contribution in [0.3, 0.4) is 0 Å². The van der Waals surface area contributed by atoms with E-state index in [1.807, 2.05) is 31.2 Å². The van der Waals surface area contributed by atoms with Gasteiger partial charge in [0.1, 0.15) is 16.1 Å². The predicted molar refractivity (Wildman–Crippen MR) is 197 cm³/mol. The number of carbonyl (C=O) groups is 2. The maximum absolute atomic E-state index is 13.4. The average molecular weight is 748 g/mol. The Labute approximate surface area is 291 Å². The molecule has 0 bridgehead atoms. The third kappa shape index (κ3) is 10.5. The lowest BCUT2D eigenvalue weighted by atomic mass is 9.79. The van der Waals surface area contributed by atoms with Gasteiger partial charge in [-0.15, -0.1) is 22.7 Å². The lowest BCUT2D eigenvalue weighted by molar-refractivity contribution is -0.0420. The van der Waals surface area contributed by atoms with Crippen LogP contribution in [0.4, 0.5) is 0 Å². The first-order chi connectivity index (χ1) is 21.6. The van der Waals surface area contributed by atoms with Crippen molar-refractivity contribution in [2.24, 2.45) is 17.3 Å². The van der Waals surface area contributed by atoms with E-state index in [9.17, 15) is 9.59 Å². The average Bonchev–Trinajstić information content (AvgIpc) is 3.32. The Morgan fingerprint density at radius 1 is 1.00 bits per heavy atom. The number of ether oxygens (including phenoxy) is 2. The van der Waals surface area contributed by atoms with Gasteiger partial charge in [0.15, 0.2) is 19.7 Å². The number of hydrogen-bond acceptors (Lipinski definition) is 9. The molecule has 2 aromatic heterocycles. The maximum atomic E-state index is 13.4. The summed E-state index contributed by atoms with van der Waals surface area (Å²) in [5, 5.41) is 4.95. The molecule has 0 aromatic carbocycles. The number of halogens is 1. The zero-order valence-corrected chi connectivity index (χ0v) is 32.5. The highest BCUT2D eigenvalue weighted by molar-refractivity contribution is 9.11. The van der Waals surface area contributed by atoms with Crippen LogP contribution < -0.4 is 0 Å². The second-order valence-corrected chi connectivity index (χ2v) is 20.5. The molecule has 2 aromatic rings. The summed E-state index contributed by atoms with van der Waals surface area (Å²) in [6, 6.07) is 0. The minimum Gasteiger partial charge on any atom is -0.464 e. The summed E-state index contributed by atoms with van der Waals surface area (Å²) < 4.78 is 17.9. The van der Waals surface area contributed by atoms with Crippen molar-refractivity contribution in [3.05, 3.63) is 79.7 Å². The van der Waals surface area contributed by atoms with Crippen LogP contribution in [-0.4, -0.2) is 49.5 Å². The molecule has 1 aliphatic carbocycles. The quantitative estimate of drug-likeness (QED) is 0.0776. The second kappa shape index (κ2) is 16.6. The maximum Gasteiger partial charge on any atom is 0.358 e. The first-order valence-corrected chi connectivity index (χ1v) is 21.0. The topological polar surface area (TPSA) is 87.6 Å². The van der Waals surface area contributed by atoms with E-state index in [1.165, 1.54) is 29.8 Å². The summed E-state index contributed by atoms with van der Waals surface area (Å²) in [7, 11) is -0.784. The summed E-state index contributed by atoms with van der Waals surface area (Å²) in [5.41, 5.74) is 0.110. The summed E-state index contributed by atoms with van der Waals surface area (Å²) in [5.74, 6) is 0.0219. The molecule has 1 fully saturated rings. The highest BCUT2D eigenvalue weighted by atomic mass is 79.9. The van der Waals surface area contributed by atoms with Crippen LogP contribution in [0.2, 0.25) is 18.1 Å². The van der Waals surface area contributed by atoms with E-state index in [-0.39, 0.29) is 11.1 Å². The van der Waals surface area contributed by atoms with Crippen LogP contribution in [0.25, 0.3) is 12.2 Å². The van der Waals surface area contributed by atoms with Gasteiger partial charge in [-0.25, -0.2) is 19.6 Å². The number of methoxy groups -OCH3 is 1. The Balaban J connectivity index is 1.73. The largest absolute Gasteiger partial charge is 0.464 e. The van der Waals surface area contributed by atoms with Crippen LogP contribution in [0.1, 0.15) is 85.4 Å². The van der Waals surface area contributed by atoms with Gasteiger partial charge in [-0.05, 0) is 60.4 Å². The Bertz CT molecular complexity index is 1480. The Hall–Kier alpha value is -2.44. The van der Waals surface area contributed by atoms with Crippen molar-refractivity contribution in [3.63, 3.8) is 0 Å². The SMILES string of the molecule is C/C=C/[C@@H](O[Si](C)(C)C(C)(C)C)C(C)(C)[C@H](C/C=C\[C@H]1C[C@H]1/C=C/C=C\c1nc(C(=O)OC)cs1)OC(=O)c1csc(/C=C\Br)n1. The molecule has 2 heterocycles. The second-order valence-electron chi connectivity index (χ2n) is 13.4. The number of thiazole rings is 2. The monoisotopic (exact) mass is 746 g/mol. The standard InChI is InChI=1S/C35H47BrN2O5S2Si/c1-10-14-29(43-46(8,9)34(2,3)4)35(5,6)28(42-33(40)27-23-45-31(38-27)19-20-36)17-13-16-25-21-24(25)15-11-12-18-30-37-26(22-44-30)32(39)41-7/h10-16,18-20,22-25,28-29H,17,21H2,1-9H3/b14-10+,15-11+,16-13-,18-12-,20-19-/t24-,25+,28+,29-/m1/s1. The number of esters is 2. The number of carbonyl (C=O) groups excluding carboxylic acids is 2. The van der Waals surface area contributed by atoms with Gasteiger partial charge >= 0.3 is 11.9 Å². The van der Waals surface area contributed by atoms with Crippen molar-refractivity contribution in [2.75, 3.05) is 7.11 Å². The van der Waals surface area contributed by atoms with E-state index in [1.54, 1.807) is 21.8 Å². The summed E-state index contributed by atoms with van der Waals surface area (Å²) in [6.45, 7) is 17.5. The smallest absolute Gasteiger partial charge is 0.358 e. The molecule has 0 saturated heterocycles. The highest BCUT2D eigenvalue weighted by Crippen LogP contribution is 2.43. The summed E-state index contributed by atoms with van der Waals surface area (Å²) in [4.78, 5) is 35.4. The zero-order valence-electron chi connectivity index (χ0n) is 28.3. The number of rotatable bonds is 15. The van der Waals surface area contributed by atoms with Gasteiger partial charge in [-0.2, -0.15) is 0 Å². The molecule has 0 unspecified atom stereocenters. The van der Waals surface area contributed by atoms with Gasteiger partial charge in [0, 0.05) is 22.6 Å². The number of aromatic nitrogens is 2. The van der Waals surface area contributed by atoms with E-state index >= 15 is 0 Å². The van der Waals surface area contributed by atoms with Gasteiger partial charge in [0.25, 0.3) is 0 Å². The van der Waals surface area contributed by atoms with Crippen molar-refractivity contribution in [2.45, 2.75) is 84.7 Å². The number of hydrogen-bond donors (Lipinski definition) is 0. The van der Waals surface area contributed by atoms with Crippen LogP contribution in [0.5, 0.6) is 0 Å². The van der Waals surface area contributed by atoms with Crippen molar-refractivity contribution >= 4 is 71.0 Å². The van der Waals surface area contributed by atoms with Crippen LogP contribution in [0, 0.1) is 17.3 Å². The molecule has 1 aliphatic rings. The van der Waals surface area contributed by atoms with Crippen molar-refractivity contribution < 1.29 is 23.5 Å². The van der Waals surface area contributed by atoms with Crippen molar-refractivity contribution in [1.29, 1.82) is 0 Å². The minimum absolute atomic E-state index is 0.0326. The van der Waals surface area contributed by atoms with E-state index in [2.05, 4.69) is 97.9 Å². The molecule has 4 atom stereocenters. The minimum atomic E-state index is -2.13. The van der Waals surface area contributed by atoms with Crippen molar-refractivity contribution in [3.8, 4) is 0 Å². The first kappa shape index (κ1) is 38.0. The third-order valence-corrected chi connectivity index (χ3v) is 14.9. The molecule has 3 rings (SSSR count). The Morgan fingerprint density at radius 3 is 2.20 bits per heavy atom. The molecule has 0 aliphatic heterocycles. The first-order valence-electron chi connectivity index (χ1n) is 15.4. The van der Waals surface area contributed by atoms with Crippen LogP contribution >= 0.6 is 38.6 Å². The van der Waals surface area contributed by atoms with E-state index in [0.717, 1.165) is 16.4 Å². The molecule has 7 nitrogen and oxygen atoms in total. The molecule has 46 heavy (non-hydrogen) atoms.